The van der Waals surface area contributed by atoms with E-state index in [-0.39, 0.29) is 24.7 Å². The number of esters is 1. The molecule has 0 radical (unpaired) electrons. The summed E-state index contributed by atoms with van der Waals surface area (Å²) in [5, 5.41) is 0. The molecule has 1 aromatic carbocycles. The first-order chi connectivity index (χ1) is 15.9. The minimum atomic E-state index is -0.525. The van der Waals surface area contributed by atoms with Gasteiger partial charge in [-0.2, -0.15) is 0 Å². The second kappa shape index (κ2) is 11.7. The minimum Gasteiger partial charge on any atom is -0.497 e. The molecule has 184 valence electrons. The number of carbonyl (C=O) groups excluding carboxylic acids is 1. The molecular weight excluding hydrogens is 420 g/mol. The largest absolute Gasteiger partial charge is 0.497 e. The maximum Gasteiger partial charge on any atom is 0.324 e. The van der Waals surface area contributed by atoms with Crippen LogP contribution in [0.5, 0.6) is 11.5 Å². The summed E-state index contributed by atoms with van der Waals surface area (Å²) in [6, 6.07) is 3.89. The van der Waals surface area contributed by atoms with Crippen molar-refractivity contribution in [1.29, 1.82) is 0 Å². The Balaban J connectivity index is 2.03. The Morgan fingerprint density at radius 2 is 1.97 bits per heavy atom. The number of hydrogen-bond acceptors (Lipinski definition) is 7. The molecule has 7 nitrogen and oxygen atoms in total. The third kappa shape index (κ3) is 5.82. The Bertz CT molecular complexity index is 838. The van der Waals surface area contributed by atoms with E-state index in [1.165, 1.54) is 5.56 Å². The molecule has 0 fully saturated rings. The molecule has 7 heteroatoms. The first-order valence-corrected chi connectivity index (χ1v) is 12.1. The number of methoxy groups -OCH3 is 1. The summed E-state index contributed by atoms with van der Waals surface area (Å²) >= 11 is 0. The zero-order valence-corrected chi connectivity index (χ0v) is 21.1. The quantitative estimate of drug-likeness (QED) is 0.387. The molecule has 0 aliphatic carbocycles. The first-order valence-electron chi connectivity index (χ1n) is 12.1. The van der Waals surface area contributed by atoms with Gasteiger partial charge in [0.1, 0.15) is 11.8 Å². The minimum absolute atomic E-state index is 0.0805. The van der Waals surface area contributed by atoms with E-state index in [4.69, 9.17) is 18.9 Å². The highest BCUT2D eigenvalue weighted by atomic mass is 16.7. The Kier molecular flexibility index (Phi) is 9.03. The monoisotopic (exact) mass is 460 g/mol. The van der Waals surface area contributed by atoms with Gasteiger partial charge >= 0.3 is 5.97 Å². The summed E-state index contributed by atoms with van der Waals surface area (Å²) in [4.78, 5) is 17.7. The van der Waals surface area contributed by atoms with Gasteiger partial charge < -0.3 is 23.8 Å². The van der Waals surface area contributed by atoms with Gasteiger partial charge in [-0.1, -0.05) is 20.3 Å². The van der Waals surface area contributed by atoms with Crippen molar-refractivity contribution in [3.63, 3.8) is 0 Å². The number of hydrogen-bond donors (Lipinski definition) is 0. The van der Waals surface area contributed by atoms with Crippen LogP contribution in [-0.2, 0) is 20.7 Å². The standard InChI is InChI=1S/C26H40N2O5/c1-7-10-21(27(4)5)26(29)33-25(22(9-3)30-6)20-16-28(12-8-2)13-11-18-14-23-24(15-19(18)20)32-17-31-23/h9,14-15,20-21,25H,7-8,10-13,16-17H2,1-6H3/b22-9+. The third-order valence-corrected chi connectivity index (χ3v) is 6.59. The number of rotatable bonds is 10. The van der Waals surface area contributed by atoms with Crippen LogP contribution in [0.15, 0.2) is 24.0 Å². The lowest BCUT2D eigenvalue weighted by Crippen LogP contribution is -2.42. The number of allylic oxidation sites excluding steroid dienone is 1. The van der Waals surface area contributed by atoms with Crippen LogP contribution < -0.4 is 9.47 Å². The molecule has 3 unspecified atom stereocenters. The number of carbonyl (C=O) groups is 1. The fourth-order valence-corrected chi connectivity index (χ4v) is 4.89. The zero-order chi connectivity index (χ0) is 24.0. The van der Waals surface area contributed by atoms with E-state index in [1.807, 2.05) is 32.0 Å². The lowest BCUT2D eigenvalue weighted by atomic mass is 9.87. The molecule has 3 rings (SSSR count). The Hall–Kier alpha value is -2.25. The van der Waals surface area contributed by atoms with Crippen molar-refractivity contribution in [2.75, 3.05) is 47.6 Å². The van der Waals surface area contributed by atoms with Crippen LogP contribution in [-0.4, -0.2) is 75.5 Å². The van der Waals surface area contributed by atoms with Crippen molar-refractivity contribution in [1.82, 2.24) is 9.80 Å². The fraction of sp³-hybridized carbons (Fsp3) is 0.654. The maximum atomic E-state index is 13.4. The van der Waals surface area contributed by atoms with E-state index in [2.05, 4.69) is 30.9 Å². The van der Waals surface area contributed by atoms with Crippen molar-refractivity contribution in [2.24, 2.45) is 0 Å². The summed E-state index contributed by atoms with van der Waals surface area (Å²) in [7, 11) is 5.49. The average molecular weight is 461 g/mol. The molecule has 0 spiro atoms. The molecule has 33 heavy (non-hydrogen) atoms. The lowest BCUT2D eigenvalue weighted by Gasteiger charge is -2.33. The molecule has 0 bridgehead atoms. The number of ether oxygens (including phenoxy) is 4. The zero-order valence-electron chi connectivity index (χ0n) is 21.1. The number of fused-ring (bicyclic) bond motifs is 2. The molecular formula is C26H40N2O5. The number of nitrogens with zero attached hydrogens (tertiary/aromatic N) is 2. The molecule has 3 atom stereocenters. The van der Waals surface area contributed by atoms with Crippen LogP contribution in [0.25, 0.3) is 0 Å². The lowest BCUT2D eigenvalue weighted by molar-refractivity contribution is -0.156. The van der Waals surface area contributed by atoms with Gasteiger partial charge in [-0.15, -0.1) is 0 Å². The van der Waals surface area contributed by atoms with Gasteiger partial charge in [-0.25, -0.2) is 0 Å². The molecule has 2 heterocycles. The van der Waals surface area contributed by atoms with Gasteiger partial charge in [0.05, 0.1) is 7.11 Å². The molecule has 2 aliphatic rings. The summed E-state index contributed by atoms with van der Waals surface area (Å²) in [6.07, 6.45) is 5.02. The molecule has 0 saturated heterocycles. The average Bonchev–Trinajstić information content (AvgIpc) is 3.18. The van der Waals surface area contributed by atoms with Crippen LogP contribution in [0.3, 0.4) is 0 Å². The molecule has 0 amide bonds. The van der Waals surface area contributed by atoms with Gasteiger partial charge in [-0.05, 0) is 76.2 Å². The number of benzene rings is 1. The van der Waals surface area contributed by atoms with Crippen LogP contribution in [0.4, 0.5) is 0 Å². The second-order valence-electron chi connectivity index (χ2n) is 9.08. The van der Waals surface area contributed by atoms with Crippen molar-refractivity contribution < 1.29 is 23.7 Å². The van der Waals surface area contributed by atoms with Gasteiger partial charge in [-0.3, -0.25) is 9.69 Å². The van der Waals surface area contributed by atoms with E-state index < -0.39 is 6.10 Å². The van der Waals surface area contributed by atoms with Crippen molar-refractivity contribution in [3.05, 3.63) is 35.1 Å². The van der Waals surface area contributed by atoms with Crippen LogP contribution in [0, 0.1) is 0 Å². The Morgan fingerprint density at radius 1 is 1.24 bits per heavy atom. The predicted octanol–water partition coefficient (Wildman–Crippen LogP) is 3.96. The molecule has 0 N–H and O–H groups in total. The normalized spacial score (nSPS) is 20.2. The highest BCUT2D eigenvalue weighted by molar-refractivity contribution is 5.76. The smallest absolute Gasteiger partial charge is 0.324 e. The van der Waals surface area contributed by atoms with Gasteiger partial charge in [0.25, 0.3) is 0 Å². The van der Waals surface area contributed by atoms with Crippen molar-refractivity contribution in [2.45, 2.75) is 64.5 Å². The van der Waals surface area contributed by atoms with Gasteiger partial charge in [0, 0.05) is 19.0 Å². The van der Waals surface area contributed by atoms with E-state index >= 15 is 0 Å². The highest BCUT2D eigenvalue weighted by Gasteiger charge is 2.38. The van der Waals surface area contributed by atoms with E-state index in [9.17, 15) is 4.79 Å². The van der Waals surface area contributed by atoms with Crippen molar-refractivity contribution in [3.8, 4) is 11.5 Å². The highest BCUT2D eigenvalue weighted by Crippen LogP contribution is 2.41. The maximum absolute atomic E-state index is 13.4. The topological polar surface area (TPSA) is 60.5 Å². The summed E-state index contributed by atoms with van der Waals surface area (Å²) in [5.41, 5.74) is 2.36. The first kappa shape index (κ1) is 25.4. The van der Waals surface area contributed by atoms with E-state index in [0.717, 1.165) is 62.4 Å². The second-order valence-corrected chi connectivity index (χ2v) is 9.08. The van der Waals surface area contributed by atoms with Crippen LogP contribution in [0.1, 0.15) is 57.1 Å². The number of likely N-dealkylation sites (N-methyl/N-ethyl adjacent to an activating group) is 1. The summed E-state index contributed by atoms with van der Waals surface area (Å²) in [6.45, 7) is 9.16. The SMILES string of the molecule is C/C=C(/OC)C(OC(=O)C(CCC)N(C)C)C1CN(CCC)CCc2cc3c(cc21)OCO3. The molecule has 0 aromatic heterocycles. The van der Waals surface area contributed by atoms with E-state index in [1.54, 1.807) is 7.11 Å². The Morgan fingerprint density at radius 3 is 2.58 bits per heavy atom. The molecule has 1 aromatic rings. The Labute approximate surface area is 198 Å². The predicted molar refractivity (Wildman–Crippen MR) is 129 cm³/mol. The van der Waals surface area contributed by atoms with Crippen LogP contribution in [0.2, 0.25) is 0 Å². The fourth-order valence-electron chi connectivity index (χ4n) is 4.89. The van der Waals surface area contributed by atoms with E-state index in [0.29, 0.717) is 5.76 Å². The van der Waals surface area contributed by atoms with Crippen LogP contribution >= 0.6 is 0 Å². The molecule has 0 saturated carbocycles. The summed E-state index contributed by atoms with van der Waals surface area (Å²) < 4.78 is 23.4. The summed E-state index contributed by atoms with van der Waals surface area (Å²) in [5.74, 6) is 1.92. The third-order valence-electron chi connectivity index (χ3n) is 6.59. The van der Waals surface area contributed by atoms with Crippen molar-refractivity contribution >= 4 is 5.97 Å². The van der Waals surface area contributed by atoms with Gasteiger partial charge in [0.2, 0.25) is 6.79 Å². The molecule has 2 aliphatic heterocycles. The van der Waals surface area contributed by atoms with Gasteiger partial charge in [0.15, 0.2) is 17.6 Å².